The van der Waals surface area contributed by atoms with Crippen molar-refractivity contribution in [3.63, 3.8) is 0 Å². The smallest absolute Gasteiger partial charge is 0.308 e. The number of hydrogen-bond acceptors (Lipinski definition) is 4. The van der Waals surface area contributed by atoms with E-state index in [2.05, 4.69) is 5.32 Å². The molecule has 20 heavy (non-hydrogen) atoms. The van der Waals surface area contributed by atoms with Gasteiger partial charge in [-0.1, -0.05) is 13.8 Å². The monoisotopic (exact) mass is 281 g/mol. The Morgan fingerprint density at radius 2 is 1.90 bits per heavy atom. The van der Waals surface area contributed by atoms with Crippen LogP contribution in [0.15, 0.2) is 18.2 Å². The van der Waals surface area contributed by atoms with E-state index in [1.807, 2.05) is 13.8 Å². The third kappa shape index (κ3) is 4.46. The van der Waals surface area contributed by atoms with E-state index in [1.54, 1.807) is 0 Å². The second kappa shape index (κ2) is 6.79. The molecule has 0 aromatic heterocycles. The van der Waals surface area contributed by atoms with Gasteiger partial charge in [-0.15, -0.1) is 0 Å². The predicted octanol–water partition coefficient (Wildman–Crippen LogP) is 1.57. The second-order valence-electron chi connectivity index (χ2n) is 5.08. The summed E-state index contributed by atoms with van der Waals surface area (Å²) in [5.41, 5.74) is -0.0846. The van der Waals surface area contributed by atoms with Crippen molar-refractivity contribution in [3.8, 4) is 11.5 Å². The molecule has 6 nitrogen and oxygen atoms in total. The van der Waals surface area contributed by atoms with Gasteiger partial charge in [-0.2, -0.15) is 0 Å². The molecule has 1 amide bonds. The van der Waals surface area contributed by atoms with E-state index in [0.717, 1.165) is 6.07 Å². The molecule has 1 aromatic carbocycles. The Morgan fingerprint density at radius 3 is 2.45 bits per heavy atom. The molecule has 0 spiro atoms. The van der Waals surface area contributed by atoms with Crippen molar-refractivity contribution >= 4 is 11.9 Å². The van der Waals surface area contributed by atoms with Crippen molar-refractivity contribution in [1.82, 2.24) is 5.32 Å². The van der Waals surface area contributed by atoms with Crippen LogP contribution in [-0.4, -0.2) is 33.7 Å². The highest BCUT2D eigenvalue weighted by atomic mass is 16.4. The van der Waals surface area contributed by atoms with Gasteiger partial charge in [0, 0.05) is 6.54 Å². The summed E-state index contributed by atoms with van der Waals surface area (Å²) in [6.07, 6.45) is 0.446. The number of phenolic OH excluding ortho intramolecular Hbond substituents is 2. The third-order valence-corrected chi connectivity index (χ3v) is 2.84. The molecule has 1 rings (SSSR count). The molecule has 6 heteroatoms. The zero-order chi connectivity index (χ0) is 15.3. The van der Waals surface area contributed by atoms with E-state index in [-0.39, 0.29) is 29.5 Å². The molecule has 0 saturated carbocycles. The minimum absolute atomic E-state index is 0.0263. The summed E-state index contributed by atoms with van der Waals surface area (Å²) in [7, 11) is 0. The van der Waals surface area contributed by atoms with Gasteiger partial charge in [-0.05, 0) is 30.5 Å². The summed E-state index contributed by atoms with van der Waals surface area (Å²) < 4.78 is 0. The summed E-state index contributed by atoms with van der Waals surface area (Å²) in [6, 6.07) is 3.58. The Labute approximate surface area is 117 Å². The van der Waals surface area contributed by atoms with Crippen LogP contribution in [-0.2, 0) is 4.79 Å². The van der Waals surface area contributed by atoms with Crippen LogP contribution in [0.1, 0.15) is 30.6 Å². The Hall–Kier alpha value is -2.24. The minimum atomic E-state index is -0.973. The Morgan fingerprint density at radius 1 is 1.25 bits per heavy atom. The van der Waals surface area contributed by atoms with Crippen LogP contribution >= 0.6 is 0 Å². The summed E-state index contributed by atoms with van der Waals surface area (Å²) >= 11 is 0. The van der Waals surface area contributed by atoms with Crippen molar-refractivity contribution in [2.45, 2.75) is 20.3 Å². The van der Waals surface area contributed by atoms with Crippen molar-refractivity contribution in [3.05, 3.63) is 23.8 Å². The lowest BCUT2D eigenvalue weighted by molar-refractivity contribution is -0.142. The van der Waals surface area contributed by atoms with Gasteiger partial charge in [-0.25, -0.2) is 0 Å². The fourth-order valence-electron chi connectivity index (χ4n) is 1.86. The number of carbonyl (C=O) groups excluding carboxylic acids is 1. The summed E-state index contributed by atoms with van der Waals surface area (Å²) in [5, 5.41) is 30.3. The van der Waals surface area contributed by atoms with Gasteiger partial charge < -0.3 is 20.6 Å². The largest absolute Gasteiger partial charge is 0.508 e. The molecule has 1 unspecified atom stereocenters. The maximum Gasteiger partial charge on any atom is 0.308 e. The number of aromatic hydroxyl groups is 2. The molecule has 0 bridgehead atoms. The third-order valence-electron chi connectivity index (χ3n) is 2.84. The number of rotatable bonds is 6. The first-order valence-electron chi connectivity index (χ1n) is 6.34. The molecule has 0 aliphatic carbocycles. The first-order chi connectivity index (χ1) is 9.31. The first kappa shape index (κ1) is 15.8. The fraction of sp³-hybridized carbons (Fsp3) is 0.429. The molecular weight excluding hydrogens is 262 g/mol. The molecule has 4 N–H and O–H groups in total. The van der Waals surface area contributed by atoms with Gasteiger partial charge in [0.2, 0.25) is 0 Å². The molecule has 1 atom stereocenters. The topological polar surface area (TPSA) is 107 Å². The van der Waals surface area contributed by atoms with Gasteiger partial charge >= 0.3 is 5.97 Å². The number of aliphatic carboxylic acids is 1. The number of hydrogen-bond donors (Lipinski definition) is 4. The van der Waals surface area contributed by atoms with Crippen LogP contribution < -0.4 is 5.32 Å². The first-order valence-corrected chi connectivity index (χ1v) is 6.34. The molecule has 0 saturated heterocycles. The van der Waals surface area contributed by atoms with E-state index in [4.69, 9.17) is 5.11 Å². The van der Waals surface area contributed by atoms with E-state index in [1.165, 1.54) is 12.1 Å². The lowest BCUT2D eigenvalue weighted by atomic mass is 9.97. The van der Waals surface area contributed by atoms with E-state index >= 15 is 0 Å². The maximum atomic E-state index is 11.9. The zero-order valence-corrected chi connectivity index (χ0v) is 11.5. The Kier molecular flexibility index (Phi) is 5.37. The summed E-state index contributed by atoms with van der Waals surface area (Å²) in [5.74, 6) is -2.49. The number of carboxylic acid groups (broad SMARTS) is 1. The highest BCUT2D eigenvalue weighted by Gasteiger charge is 2.21. The van der Waals surface area contributed by atoms with Gasteiger partial charge in [0.15, 0.2) is 0 Å². The molecule has 110 valence electrons. The summed E-state index contributed by atoms with van der Waals surface area (Å²) in [4.78, 5) is 22.9. The van der Waals surface area contributed by atoms with Gasteiger partial charge in [0.25, 0.3) is 5.91 Å². The van der Waals surface area contributed by atoms with Crippen LogP contribution in [0.4, 0.5) is 0 Å². The Bertz CT molecular complexity index is 498. The van der Waals surface area contributed by atoms with Crippen LogP contribution in [0, 0.1) is 11.8 Å². The standard InChI is InChI=1S/C14H19NO5/c1-8(2)5-9(14(19)20)7-15-13(18)11-6-10(16)3-4-12(11)17/h3-4,6,8-9,16-17H,5,7H2,1-2H3,(H,15,18)(H,19,20). The van der Waals surface area contributed by atoms with Crippen molar-refractivity contribution < 1.29 is 24.9 Å². The Balaban J connectivity index is 2.70. The summed E-state index contributed by atoms with van der Waals surface area (Å²) in [6.45, 7) is 3.78. The molecule has 1 aromatic rings. The molecular formula is C14H19NO5. The molecule has 0 aliphatic rings. The van der Waals surface area contributed by atoms with Crippen molar-refractivity contribution in [2.75, 3.05) is 6.54 Å². The maximum absolute atomic E-state index is 11.9. The normalized spacial score (nSPS) is 12.2. The second-order valence-corrected chi connectivity index (χ2v) is 5.08. The highest BCUT2D eigenvalue weighted by Crippen LogP contribution is 2.22. The van der Waals surface area contributed by atoms with E-state index in [9.17, 15) is 19.8 Å². The average molecular weight is 281 g/mol. The quantitative estimate of drug-likeness (QED) is 0.592. The fourth-order valence-corrected chi connectivity index (χ4v) is 1.86. The lowest BCUT2D eigenvalue weighted by Gasteiger charge is -2.15. The molecule has 0 fully saturated rings. The average Bonchev–Trinajstić information content (AvgIpc) is 2.36. The lowest BCUT2D eigenvalue weighted by Crippen LogP contribution is -2.33. The van der Waals surface area contributed by atoms with Crippen LogP contribution in [0.3, 0.4) is 0 Å². The molecule has 0 heterocycles. The SMILES string of the molecule is CC(C)CC(CNC(=O)c1cc(O)ccc1O)C(=O)O. The molecule has 0 aliphatic heterocycles. The highest BCUT2D eigenvalue weighted by molar-refractivity contribution is 5.97. The number of carboxylic acids is 1. The van der Waals surface area contributed by atoms with Crippen molar-refractivity contribution in [2.24, 2.45) is 11.8 Å². The number of nitrogens with one attached hydrogen (secondary N) is 1. The number of amides is 1. The van der Waals surface area contributed by atoms with E-state index in [0.29, 0.717) is 6.42 Å². The predicted molar refractivity (Wildman–Crippen MR) is 72.7 cm³/mol. The zero-order valence-electron chi connectivity index (χ0n) is 11.5. The van der Waals surface area contributed by atoms with Crippen LogP contribution in [0.25, 0.3) is 0 Å². The van der Waals surface area contributed by atoms with Gasteiger partial charge in [-0.3, -0.25) is 9.59 Å². The van der Waals surface area contributed by atoms with Crippen LogP contribution in [0.5, 0.6) is 11.5 Å². The minimum Gasteiger partial charge on any atom is -0.508 e. The number of phenols is 2. The van der Waals surface area contributed by atoms with Crippen molar-refractivity contribution in [1.29, 1.82) is 0 Å². The number of benzene rings is 1. The van der Waals surface area contributed by atoms with Gasteiger partial charge in [0.05, 0.1) is 11.5 Å². The van der Waals surface area contributed by atoms with Crippen LogP contribution in [0.2, 0.25) is 0 Å². The number of carbonyl (C=O) groups is 2. The molecule has 0 radical (unpaired) electrons. The van der Waals surface area contributed by atoms with E-state index < -0.39 is 17.8 Å². The van der Waals surface area contributed by atoms with Gasteiger partial charge in [0.1, 0.15) is 11.5 Å².